The molecule has 1 aromatic heterocycles. The fourth-order valence-corrected chi connectivity index (χ4v) is 3.75. The summed E-state index contributed by atoms with van der Waals surface area (Å²) >= 11 is 0.532. The zero-order chi connectivity index (χ0) is 25.5. The number of carbonyl (C=O) groups is 3. The van der Waals surface area contributed by atoms with Crippen LogP contribution in [0, 0.1) is 0 Å². The Morgan fingerprint density at radius 2 is 1.59 bits per heavy atom. The van der Waals surface area contributed by atoms with Crippen LogP contribution in [0.2, 0.25) is 0 Å². The Bertz CT molecular complexity index is 993. The normalized spacial score (nSPS) is 18.4. The molecule has 1 saturated heterocycles. The Morgan fingerprint density at radius 3 is 2.15 bits per heavy atom. The molecule has 0 aliphatic carbocycles. The lowest BCUT2D eigenvalue weighted by Gasteiger charge is -2.29. The van der Waals surface area contributed by atoms with Gasteiger partial charge in [-0.1, -0.05) is 18.2 Å². The topological polar surface area (TPSA) is 100.0 Å². The number of Topliss-reactive ketones (excluding diaryl/α,β-unsaturated/α-hetero) is 1. The number of hydrogen-bond acceptors (Lipinski definition) is 6. The smallest absolute Gasteiger partial charge is 0.455 e. The summed E-state index contributed by atoms with van der Waals surface area (Å²) in [6.45, 7) is 2.29. The molecule has 2 aromatic rings. The molecule has 2 atom stereocenters. The number of amides is 1. The Morgan fingerprint density at radius 1 is 1.00 bits per heavy atom. The average molecular weight is 512 g/mol. The van der Waals surface area contributed by atoms with E-state index in [1.165, 1.54) is 11.0 Å². The molecule has 3 rings (SSSR count). The maximum atomic E-state index is 12.5. The monoisotopic (exact) mass is 512 g/mol. The van der Waals surface area contributed by atoms with Gasteiger partial charge >= 0.3 is 12.4 Å². The molecule has 34 heavy (non-hydrogen) atoms. The van der Waals surface area contributed by atoms with E-state index in [1.54, 1.807) is 0 Å². The predicted octanol–water partition coefficient (Wildman–Crippen LogP) is 1.14. The zero-order valence-corrected chi connectivity index (χ0v) is 18.0. The highest BCUT2D eigenvalue weighted by Crippen LogP contribution is 2.26. The molecule has 14 heteroatoms. The first-order valence-electron chi connectivity index (χ1n) is 9.58. The van der Waals surface area contributed by atoms with Crippen LogP contribution in [0.3, 0.4) is 0 Å². The summed E-state index contributed by atoms with van der Waals surface area (Å²) in [6, 6.07) is 12.2. The van der Waals surface area contributed by atoms with Crippen molar-refractivity contribution in [3.8, 4) is 0 Å². The van der Waals surface area contributed by atoms with Gasteiger partial charge in [-0.15, -0.1) is 11.3 Å². The molecule has 1 amide bonds. The number of carboxylic acids is 1. The molecular weight excluding hydrogens is 494 g/mol. The van der Waals surface area contributed by atoms with Gasteiger partial charge in [0.2, 0.25) is 0 Å². The third-order valence-corrected chi connectivity index (χ3v) is 5.53. The highest BCUT2D eigenvalue weighted by Gasteiger charge is 2.40. The van der Waals surface area contributed by atoms with Crippen LogP contribution >= 0.6 is 11.3 Å². The number of halogens is 6. The van der Waals surface area contributed by atoms with Crippen molar-refractivity contribution in [3.05, 3.63) is 52.2 Å². The maximum Gasteiger partial charge on any atom is 0.455 e. The number of morpholine rings is 1. The number of para-hydroxylation sites is 1. The second-order valence-corrected chi connectivity index (χ2v) is 7.99. The minimum atomic E-state index is -5.19. The third kappa shape index (κ3) is 8.11. The van der Waals surface area contributed by atoms with E-state index in [9.17, 15) is 35.9 Å². The molecule has 186 valence electrons. The molecule has 1 aliphatic rings. The summed E-state index contributed by atoms with van der Waals surface area (Å²) in [4.78, 5) is 33.0. The molecule has 0 bridgehead atoms. The lowest BCUT2D eigenvalue weighted by atomic mass is 10.2. The number of hydrogen-bond donors (Lipinski definition) is 2. The Kier molecular flexibility index (Phi) is 9.18. The SMILES string of the molecule is O=C(NCC1C[NH+](c2ccccc2)CCO1)c1ccc(C(=O)C(F)(F)F)s1.O=C([O-])C(F)(F)F. The molecule has 2 N–H and O–H groups in total. The molecule has 2 unspecified atom stereocenters. The molecule has 1 aromatic carbocycles. The van der Waals surface area contributed by atoms with E-state index < -0.39 is 34.9 Å². The summed E-state index contributed by atoms with van der Waals surface area (Å²) in [5, 5.41) is 11.5. The largest absolute Gasteiger partial charge is 0.542 e. The van der Waals surface area contributed by atoms with Gasteiger partial charge in [-0.3, -0.25) is 14.5 Å². The first-order chi connectivity index (χ1) is 15.8. The van der Waals surface area contributed by atoms with E-state index in [0.717, 1.165) is 18.3 Å². The molecule has 7 nitrogen and oxygen atoms in total. The van der Waals surface area contributed by atoms with Gasteiger partial charge in [-0.05, 0) is 24.3 Å². The number of ketones is 1. The van der Waals surface area contributed by atoms with Crippen molar-refractivity contribution >= 4 is 34.7 Å². The molecule has 0 spiro atoms. The lowest BCUT2D eigenvalue weighted by molar-refractivity contribution is -0.846. The highest BCUT2D eigenvalue weighted by molar-refractivity contribution is 7.16. The summed E-state index contributed by atoms with van der Waals surface area (Å²) in [7, 11) is 0. The lowest BCUT2D eigenvalue weighted by Crippen LogP contribution is -3.10. The van der Waals surface area contributed by atoms with Crippen LogP contribution in [0.1, 0.15) is 19.3 Å². The number of nitrogens with one attached hydrogen (secondary N) is 2. The first-order valence-corrected chi connectivity index (χ1v) is 10.4. The Labute approximate surface area is 192 Å². The quantitative estimate of drug-likeness (QED) is 0.463. The van der Waals surface area contributed by atoms with Crippen LogP contribution in [0.25, 0.3) is 0 Å². The predicted molar refractivity (Wildman–Crippen MR) is 105 cm³/mol. The average Bonchev–Trinajstić information content (AvgIpc) is 3.27. The third-order valence-electron chi connectivity index (χ3n) is 4.45. The van der Waals surface area contributed by atoms with Crippen LogP contribution in [0.4, 0.5) is 32.0 Å². The van der Waals surface area contributed by atoms with Crippen LogP contribution < -0.4 is 15.3 Å². The summed E-state index contributed by atoms with van der Waals surface area (Å²) in [5.74, 6) is -5.46. The second-order valence-electron chi connectivity index (χ2n) is 6.90. The molecule has 1 aliphatic heterocycles. The summed E-state index contributed by atoms with van der Waals surface area (Å²) < 4.78 is 74.6. The molecule has 0 radical (unpaired) electrons. The zero-order valence-electron chi connectivity index (χ0n) is 17.2. The van der Waals surface area contributed by atoms with E-state index in [4.69, 9.17) is 14.6 Å². The van der Waals surface area contributed by atoms with Crippen molar-refractivity contribution in [1.82, 2.24) is 5.32 Å². The molecule has 2 heterocycles. The number of rotatable bonds is 5. The molecule has 1 fully saturated rings. The standard InChI is InChI=1S/C18H17F3N2O3S.C2HF3O2/c19-18(20,21)16(24)14-6-7-15(27-14)17(25)22-10-13-11-23(8-9-26-13)12-4-2-1-3-5-12;3-2(4,5)1(6)7/h1-7,13H,8-11H2,(H,22,25);(H,6,7). The Hall–Kier alpha value is -2.97. The van der Waals surface area contributed by atoms with E-state index in [0.29, 0.717) is 24.5 Å². The van der Waals surface area contributed by atoms with Gasteiger partial charge in [0.1, 0.15) is 30.9 Å². The first kappa shape index (κ1) is 27.3. The van der Waals surface area contributed by atoms with E-state index in [2.05, 4.69) is 5.32 Å². The Balaban J connectivity index is 0.000000509. The van der Waals surface area contributed by atoms with Gasteiger partial charge in [0.25, 0.3) is 11.7 Å². The van der Waals surface area contributed by atoms with Gasteiger partial charge in [-0.25, -0.2) is 0 Å². The highest BCUT2D eigenvalue weighted by atomic mass is 32.1. The van der Waals surface area contributed by atoms with E-state index in [-0.39, 0.29) is 17.5 Å². The van der Waals surface area contributed by atoms with Crippen molar-refractivity contribution in [1.29, 1.82) is 0 Å². The van der Waals surface area contributed by atoms with Crippen molar-refractivity contribution in [3.63, 3.8) is 0 Å². The van der Waals surface area contributed by atoms with E-state index >= 15 is 0 Å². The minimum absolute atomic E-state index is 0.0608. The van der Waals surface area contributed by atoms with Crippen LogP contribution in [0.15, 0.2) is 42.5 Å². The van der Waals surface area contributed by atoms with Crippen molar-refractivity contribution < 1.29 is 55.5 Å². The van der Waals surface area contributed by atoms with E-state index in [1.807, 2.05) is 30.3 Å². The van der Waals surface area contributed by atoms with Gasteiger partial charge in [0.15, 0.2) is 0 Å². The van der Waals surface area contributed by atoms with Gasteiger partial charge in [0.05, 0.1) is 16.4 Å². The number of carbonyl (C=O) groups excluding carboxylic acids is 3. The van der Waals surface area contributed by atoms with Gasteiger partial charge in [-0.2, -0.15) is 26.3 Å². The number of thiophene rings is 1. The molecular formula is C20H18F6N2O5S. The fraction of sp³-hybridized carbons (Fsp3) is 0.350. The van der Waals surface area contributed by atoms with Gasteiger partial charge < -0.3 is 20.0 Å². The van der Waals surface area contributed by atoms with Crippen LogP contribution in [0.5, 0.6) is 0 Å². The van der Waals surface area contributed by atoms with Crippen molar-refractivity contribution in [2.45, 2.75) is 18.5 Å². The number of carboxylic acid groups (broad SMARTS) is 1. The second kappa shape index (κ2) is 11.4. The summed E-state index contributed by atoms with van der Waals surface area (Å²) in [5.41, 5.74) is 1.14. The number of benzene rings is 1. The van der Waals surface area contributed by atoms with Crippen molar-refractivity contribution in [2.75, 3.05) is 26.2 Å². The summed E-state index contributed by atoms with van der Waals surface area (Å²) in [6.07, 6.45) is -10.3. The number of aliphatic carboxylic acids is 1. The van der Waals surface area contributed by atoms with Crippen LogP contribution in [-0.2, 0) is 9.53 Å². The van der Waals surface area contributed by atoms with Crippen LogP contribution in [-0.4, -0.2) is 62.4 Å². The number of quaternary nitrogens is 1. The molecule has 0 saturated carbocycles. The number of alkyl halides is 6. The maximum absolute atomic E-state index is 12.5. The minimum Gasteiger partial charge on any atom is -0.542 e. The van der Waals surface area contributed by atoms with Crippen molar-refractivity contribution in [2.24, 2.45) is 0 Å². The fourth-order valence-electron chi connectivity index (χ4n) is 2.87. The van der Waals surface area contributed by atoms with Gasteiger partial charge in [0, 0.05) is 6.54 Å². The number of ether oxygens (including phenoxy) is 1.